The van der Waals surface area contributed by atoms with E-state index in [1.54, 1.807) is 0 Å². The summed E-state index contributed by atoms with van der Waals surface area (Å²) in [5.74, 6) is -3.05. The Labute approximate surface area is 184 Å². The predicted molar refractivity (Wildman–Crippen MR) is 109 cm³/mol. The van der Waals surface area contributed by atoms with Gasteiger partial charge in [-0.25, -0.2) is 0 Å². The van der Waals surface area contributed by atoms with Gasteiger partial charge in [0.25, 0.3) is 0 Å². The highest BCUT2D eigenvalue weighted by molar-refractivity contribution is 5.88. The fourth-order valence-corrected chi connectivity index (χ4v) is 3.51. The van der Waals surface area contributed by atoms with Crippen LogP contribution in [-0.2, 0) is 4.74 Å². The van der Waals surface area contributed by atoms with E-state index >= 15 is 0 Å². The Morgan fingerprint density at radius 3 is 2.27 bits per heavy atom. The van der Waals surface area contributed by atoms with Crippen LogP contribution in [0.3, 0.4) is 0 Å². The first kappa shape index (κ1) is 22.6. The summed E-state index contributed by atoms with van der Waals surface area (Å²) < 4.78 is 16.5. The molecule has 33 heavy (non-hydrogen) atoms. The minimum atomic E-state index is -1.85. The summed E-state index contributed by atoms with van der Waals surface area (Å²) in [4.78, 5) is 13.2. The van der Waals surface area contributed by atoms with Crippen molar-refractivity contribution >= 4 is 11.0 Å². The van der Waals surface area contributed by atoms with E-state index in [1.807, 2.05) is 0 Å². The summed E-state index contributed by atoms with van der Waals surface area (Å²) >= 11 is 0. The molecule has 0 bridgehead atoms. The molecule has 1 aliphatic rings. The van der Waals surface area contributed by atoms with E-state index in [4.69, 9.17) is 13.9 Å². The number of aliphatic hydroxyl groups excluding tert-OH is 4. The van der Waals surface area contributed by atoms with Crippen molar-refractivity contribution in [2.24, 2.45) is 0 Å². The predicted octanol–water partition coefficient (Wildman–Crippen LogP) is -0.539. The Morgan fingerprint density at radius 2 is 1.61 bits per heavy atom. The van der Waals surface area contributed by atoms with Crippen molar-refractivity contribution in [2.45, 2.75) is 30.7 Å². The molecular weight excluding hydrogens is 444 g/mol. The van der Waals surface area contributed by atoms with Crippen LogP contribution in [0.2, 0.25) is 0 Å². The summed E-state index contributed by atoms with van der Waals surface area (Å²) in [7, 11) is 0. The monoisotopic (exact) mass is 464 g/mol. The van der Waals surface area contributed by atoms with E-state index in [0.29, 0.717) is 0 Å². The molecule has 2 aromatic carbocycles. The van der Waals surface area contributed by atoms with Crippen LogP contribution in [0, 0.1) is 0 Å². The summed E-state index contributed by atoms with van der Waals surface area (Å²) in [5.41, 5.74) is -1.19. The zero-order valence-corrected chi connectivity index (χ0v) is 16.7. The average molecular weight is 464 g/mol. The van der Waals surface area contributed by atoms with E-state index in [0.717, 1.165) is 24.3 Å². The van der Waals surface area contributed by atoms with Gasteiger partial charge >= 0.3 is 0 Å². The average Bonchev–Trinajstić information content (AvgIpc) is 2.76. The first-order chi connectivity index (χ1) is 15.6. The second-order valence-corrected chi connectivity index (χ2v) is 7.45. The van der Waals surface area contributed by atoms with E-state index in [9.17, 15) is 45.6 Å². The largest absolute Gasteiger partial charge is 0.508 e. The van der Waals surface area contributed by atoms with Crippen molar-refractivity contribution in [1.82, 2.24) is 0 Å². The van der Waals surface area contributed by atoms with E-state index < -0.39 is 71.5 Å². The van der Waals surface area contributed by atoms with Gasteiger partial charge in [-0.3, -0.25) is 4.79 Å². The molecule has 0 amide bonds. The molecule has 0 saturated carbocycles. The number of phenols is 4. The van der Waals surface area contributed by atoms with Gasteiger partial charge in [0.05, 0.1) is 6.61 Å². The number of aromatic hydroxyl groups is 4. The third-order valence-corrected chi connectivity index (χ3v) is 5.24. The van der Waals surface area contributed by atoms with Crippen molar-refractivity contribution in [3.05, 3.63) is 40.6 Å². The molecule has 3 aromatic rings. The lowest BCUT2D eigenvalue weighted by Gasteiger charge is -2.39. The number of rotatable bonds is 4. The minimum absolute atomic E-state index is 0.0201. The third-order valence-electron chi connectivity index (χ3n) is 5.24. The highest BCUT2D eigenvalue weighted by Gasteiger charge is 2.45. The lowest BCUT2D eigenvalue weighted by molar-refractivity contribution is -0.277. The number of phenolic OH excluding ortho intramolecular Hbond substituents is 4. The van der Waals surface area contributed by atoms with Crippen LogP contribution in [0.4, 0.5) is 0 Å². The van der Waals surface area contributed by atoms with Crippen molar-refractivity contribution in [3.8, 4) is 40.1 Å². The van der Waals surface area contributed by atoms with Crippen LogP contribution in [0.25, 0.3) is 22.3 Å². The van der Waals surface area contributed by atoms with Crippen molar-refractivity contribution in [3.63, 3.8) is 0 Å². The normalized spacial score (nSPS) is 25.3. The molecule has 2 heterocycles. The number of ether oxygens (including phenoxy) is 2. The van der Waals surface area contributed by atoms with Gasteiger partial charge in [-0.1, -0.05) is 0 Å². The van der Waals surface area contributed by atoms with Gasteiger partial charge < -0.3 is 54.7 Å². The molecule has 4 rings (SSSR count). The highest BCUT2D eigenvalue weighted by Crippen LogP contribution is 2.39. The SMILES string of the molecule is O=c1c(O[C@H]2O[C@@H](CO)[C@H](O)[C@@H](O)[C@@H]2O)c(-c2ccc(O)c(O)c2)oc2cc(O)cc(O)c12. The number of hydrogen-bond donors (Lipinski definition) is 8. The second-order valence-electron chi connectivity index (χ2n) is 7.45. The fraction of sp³-hybridized carbons (Fsp3) is 0.286. The molecule has 0 aliphatic carbocycles. The van der Waals surface area contributed by atoms with Gasteiger partial charge in [0.2, 0.25) is 17.5 Å². The Balaban J connectivity index is 1.91. The number of benzene rings is 2. The quantitative estimate of drug-likeness (QED) is 0.229. The van der Waals surface area contributed by atoms with Gasteiger partial charge in [-0.15, -0.1) is 0 Å². The standard InChI is InChI=1S/C21H20O12/c22-6-13-15(27)17(29)18(30)21(32-13)33-20-16(28)14-11(26)4-8(23)5-12(14)31-19(20)7-1-2-9(24)10(25)3-7/h1-5,13,15,17-18,21-27,29-30H,6H2/t13-,15-,17+,18-,21+/m0/s1. The number of aliphatic hydroxyl groups is 4. The van der Waals surface area contributed by atoms with Crippen molar-refractivity contribution in [1.29, 1.82) is 0 Å². The second kappa shape index (κ2) is 8.42. The summed E-state index contributed by atoms with van der Waals surface area (Å²) in [6, 6.07) is 5.36. The molecule has 0 radical (unpaired) electrons. The molecule has 12 nitrogen and oxygen atoms in total. The van der Waals surface area contributed by atoms with Crippen molar-refractivity contribution < 1.29 is 54.7 Å². The smallest absolute Gasteiger partial charge is 0.239 e. The maximum absolute atomic E-state index is 13.2. The van der Waals surface area contributed by atoms with Crippen LogP contribution in [0.5, 0.6) is 28.7 Å². The maximum Gasteiger partial charge on any atom is 0.239 e. The summed E-state index contributed by atoms with van der Waals surface area (Å²) in [6.45, 7) is -0.740. The Kier molecular flexibility index (Phi) is 5.78. The Morgan fingerprint density at radius 1 is 0.879 bits per heavy atom. The number of fused-ring (bicyclic) bond motifs is 1. The zero-order valence-electron chi connectivity index (χ0n) is 16.7. The lowest BCUT2D eigenvalue weighted by Crippen LogP contribution is -2.60. The van der Waals surface area contributed by atoms with E-state index in [1.165, 1.54) is 6.07 Å². The number of hydrogen-bond acceptors (Lipinski definition) is 12. The molecular formula is C21H20O12. The Hall–Kier alpha value is -3.55. The highest BCUT2D eigenvalue weighted by atomic mass is 16.7. The minimum Gasteiger partial charge on any atom is -0.508 e. The zero-order chi connectivity index (χ0) is 24.0. The van der Waals surface area contributed by atoms with Gasteiger partial charge in [0.15, 0.2) is 17.3 Å². The first-order valence-corrected chi connectivity index (χ1v) is 9.64. The van der Waals surface area contributed by atoms with Crippen LogP contribution in [-0.4, -0.2) is 78.2 Å². The van der Waals surface area contributed by atoms with E-state index in [-0.39, 0.29) is 22.3 Å². The molecule has 5 atom stereocenters. The molecule has 176 valence electrons. The molecule has 1 fully saturated rings. The van der Waals surface area contributed by atoms with E-state index in [2.05, 4.69) is 0 Å². The third kappa shape index (κ3) is 3.90. The molecule has 0 unspecified atom stereocenters. The van der Waals surface area contributed by atoms with Gasteiger partial charge in [0, 0.05) is 17.7 Å². The van der Waals surface area contributed by atoms with Gasteiger partial charge in [-0.05, 0) is 18.2 Å². The molecule has 1 saturated heterocycles. The summed E-state index contributed by atoms with van der Waals surface area (Å²) in [6.07, 6.45) is -8.40. The molecule has 1 aliphatic heterocycles. The fourth-order valence-electron chi connectivity index (χ4n) is 3.51. The van der Waals surface area contributed by atoms with Gasteiger partial charge in [-0.2, -0.15) is 0 Å². The maximum atomic E-state index is 13.2. The van der Waals surface area contributed by atoms with Gasteiger partial charge in [0.1, 0.15) is 46.9 Å². The summed E-state index contributed by atoms with van der Waals surface area (Å²) in [5, 5.41) is 78.7. The Bertz CT molecular complexity index is 1250. The molecule has 12 heteroatoms. The van der Waals surface area contributed by atoms with Crippen LogP contribution >= 0.6 is 0 Å². The van der Waals surface area contributed by atoms with Crippen LogP contribution in [0.1, 0.15) is 0 Å². The molecule has 0 spiro atoms. The topological polar surface area (TPSA) is 211 Å². The lowest BCUT2D eigenvalue weighted by atomic mass is 9.99. The van der Waals surface area contributed by atoms with Crippen LogP contribution < -0.4 is 10.2 Å². The molecule has 1 aromatic heterocycles. The molecule has 8 N–H and O–H groups in total. The van der Waals surface area contributed by atoms with Crippen LogP contribution in [0.15, 0.2) is 39.5 Å². The van der Waals surface area contributed by atoms with Crippen molar-refractivity contribution in [2.75, 3.05) is 6.61 Å². The first-order valence-electron chi connectivity index (χ1n) is 9.64.